The van der Waals surface area contributed by atoms with Crippen LogP contribution in [0.3, 0.4) is 0 Å². The average molecular weight is 463 g/mol. The number of benzene rings is 2. The zero-order chi connectivity index (χ0) is 17.1. The Balaban J connectivity index is 0.00000196. The van der Waals surface area contributed by atoms with E-state index in [1.165, 1.54) is 23.1 Å². The first kappa shape index (κ1) is 19.0. The average Bonchev–Trinajstić information content (AvgIpc) is 3.26. The van der Waals surface area contributed by atoms with Crippen LogP contribution in [0.25, 0.3) is 0 Å². The molecule has 2 atom stereocenters. The van der Waals surface area contributed by atoms with Gasteiger partial charge in [-0.1, -0.05) is 42.5 Å². The Morgan fingerprint density at radius 3 is 2.85 bits per heavy atom. The van der Waals surface area contributed by atoms with E-state index in [2.05, 4.69) is 64.2 Å². The van der Waals surface area contributed by atoms with E-state index < -0.39 is 0 Å². The molecule has 0 amide bonds. The number of halogens is 1. The van der Waals surface area contributed by atoms with Gasteiger partial charge < -0.3 is 15.4 Å². The molecule has 2 aliphatic rings. The highest BCUT2D eigenvalue weighted by Gasteiger charge is 2.38. The van der Waals surface area contributed by atoms with Crippen molar-refractivity contribution in [1.29, 1.82) is 0 Å². The first-order valence-electron chi connectivity index (χ1n) is 9.10. The lowest BCUT2D eigenvalue weighted by Gasteiger charge is -2.12. The molecule has 0 aromatic heterocycles. The van der Waals surface area contributed by atoms with Crippen LogP contribution in [-0.4, -0.2) is 32.2 Å². The smallest absolute Gasteiger partial charge is 0.191 e. The van der Waals surface area contributed by atoms with E-state index in [9.17, 15) is 0 Å². The van der Waals surface area contributed by atoms with Gasteiger partial charge in [0.1, 0.15) is 5.75 Å². The third-order valence-electron chi connectivity index (χ3n) is 5.02. The summed E-state index contributed by atoms with van der Waals surface area (Å²) in [5, 5.41) is 6.97. The van der Waals surface area contributed by atoms with Crippen molar-refractivity contribution >= 4 is 29.9 Å². The van der Waals surface area contributed by atoms with Crippen molar-refractivity contribution in [2.45, 2.75) is 31.2 Å². The SMILES string of the molecule is CN=C(NCCc1ccc2c(c1)CCO2)NC1CC1c1ccccc1.I. The first-order valence-corrected chi connectivity index (χ1v) is 9.10. The van der Waals surface area contributed by atoms with Crippen LogP contribution < -0.4 is 15.4 Å². The lowest BCUT2D eigenvalue weighted by molar-refractivity contribution is 0.357. The number of hydrogen-bond acceptors (Lipinski definition) is 2. The van der Waals surface area contributed by atoms with Gasteiger partial charge in [-0.15, -0.1) is 24.0 Å². The fraction of sp³-hybridized carbons (Fsp3) is 0.381. The minimum atomic E-state index is 0. The molecule has 138 valence electrons. The molecule has 1 aliphatic carbocycles. The maximum atomic E-state index is 5.57. The van der Waals surface area contributed by atoms with Gasteiger partial charge in [0.2, 0.25) is 0 Å². The predicted octanol–water partition coefficient (Wildman–Crippen LogP) is 3.50. The van der Waals surface area contributed by atoms with Crippen molar-refractivity contribution in [3.63, 3.8) is 0 Å². The standard InChI is InChI=1S/C21H25N3O.HI/c1-22-21(24-19-14-18(19)16-5-3-2-4-6-16)23-11-9-15-7-8-20-17(13-15)10-12-25-20;/h2-8,13,18-19H,9-12,14H2,1H3,(H2,22,23,24);1H. The number of hydrogen-bond donors (Lipinski definition) is 2. The van der Waals surface area contributed by atoms with Gasteiger partial charge in [-0.2, -0.15) is 0 Å². The van der Waals surface area contributed by atoms with Crippen molar-refractivity contribution in [3.8, 4) is 5.75 Å². The van der Waals surface area contributed by atoms with Crippen LogP contribution >= 0.6 is 24.0 Å². The molecule has 0 spiro atoms. The molecular weight excluding hydrogens is 437 g/mol. The number of fused-ring (bicyclic) bond motifs is 1. The fourth-order valence-corrected chi connectivity index (χ4v) is 3.51. The summed E-state index contributed by atoms with van der Waals surface area (Å²) >= 11 is 0. The van der Waals surface area contributed by atoms with Gasteiger partial charge >= 0.3 is 0 Å². The summed E-state index contributed by atoms with van der Waals surface area (Å²) in [4.78, 5) is 4.36. The van der Waals surface area contributed by atoms with Crippen LogP contribution in [0.4, 0.5) is 0 Å². The normalized spacial score (nSPS) is 20.6. The molecule has 5 heteroatoms. The molecule has 26 heavy (non-hydrogen) atoms. The second-order valence-corrected chi connectivity index (χ2v) is 6.79. The van der Waals surface area contributed by atoms with Gasteiger partial charge in [0.25, 0.3) is 0 Å². The van der Waals surface area contributed by atoms with Gasteiger partial charge in [0, 0.05) is 32.0 Å². The highest BCUT2D eigenvalue weighted by atomic mass is 127. The molecule has 1 fully saturated rings. The zero-order valence-corrected chi connectivity index (χ0v) is 17.4. The van der Waals surface area contributed by atoms with Gasteiger partial charge in [-0.25, -0.2) is 0 Å². The number of nitrogens with zero attached hydrogens (tertiary/aromatic N) is 1. The summed E-state index contributed by atoms with van der Waals surface area (Å²) < 4.78 is 5.57. The molecule has 0 bridgehead atoms. The summed E-state index contributed by atoms with van der Waals surface area (Å²) in [6.07, 6.45) is 3.19. The summed E-state index contributed by atoms with van der Waals surface area (Å²) in [6.45, 7) is 1.69. The van der Waals surface area contributed by atoms with Crippen molar-refractivity contribution in [2.75, 3.05) is 20.2 Å². The Bertz CT molecular complexity index is 763. The number of guanidine groups is 1. The molecule has 4 rings (SSSR count). The summed E-state index contributed by atoms with van der Waals surface area (Å²) in [7, 11) is 1.84. The molecule has 1 saturated carbocycles. The molecular formula is C21H26IN3O. The number of aliphatic imine (C=N–C) groups is 1. The van der Waals surface area contributed by atoms with Crippen LogP contribution in [0.15, 0.2) is 53.5 Å². The van der Waals surface area contributed by atoms with Crippen molar-refractivity contribution < 1.29 is 4.74 Å². The summed E-state index contributed by atoms with van der Waals surface area (Å²) in [6, 6.07) is 17.7. The monoisotopic (exact) mass is 463 g/mol. The van der Waals surface area contributed by atoms with Crippen LogP contribution in [0.1, 0.15) is 29.0 Å². The lowest BCUT2D eigenvalue weighted by Crippen LogP contribution is -2.39. The van der Waals surface area contributed by atoms with Gasteiger partial charge in [0.05, 0.1) is 6.61 Å². The Morgan fingerprint density at radius 2 is 2.04 bits per heavy atom. The summed E-state index contributed by atoms with van der Waals surface area (Å²) in [5.74, 6) is 2.55. The van der Waals surface area contributed by atoms with Crippen LogP contribution in [0.5, 0.6) is 5.75 Å². The third-order valence-corrected chi connectivity index (χ3v) is 5.02. The predicted molar refractivity (Wildman–Crippen MR) is 117 cm³/mol. The minimum absolute atomic E-state index is 0. The van der Waals surface area contributed by atoms with Gasteiger partial charge in [-0.3, -0.25) is 4.99 Å². The molecule has 0 radical (unpaired) electrons. The van der Waals surface area contributed by atoms with Crippen molar-refractivity contribution in [3.05, 3.63) is 65.2 Å². The van der Waals surface area contributed by atoms with E-state index in [-0.39, 0.29) is 24.0 Å². The molecule has 1 aliphatic heterocycles. The van der Waals surface area contributed by atoms with E-state index in [0.29, 0.717) is 12.0 Å². The fourth-order valence-electron chi connectivity index (χ4n) is 3.51. The number of ether oxygens (including phenoxy) is 1. The Morgan fingerprint density at radius 1 is 1.19 bits per heavy atom. The van der Waals surface area contributed by atoms with E-state index in [4.69, 9.17) is 4.74 Å². The van der Waals surface area contributed by atoms with Crippen LogP contribution in [0.2, 0.25) is 0 Å². The van der Waals surface area contributed by atoms with Crippen LogP contribution in [-0.2, 0) is 12.8 Å². The highest BCUT2D eigenvalue weighted by molar-refractivity contribution is 14.0. The van der Waals surface area contributed by atoms with Crippen molar-refractivity contribution in [1.82, 2.24) is 10.6 Å². The Kier molecular flexibility index (Phi) is 6.40. The maximum absolute atomic E-state index is 5.57. The number of nitrogens with one attached hydrogen (secondary N) is 2. The summed E-state index contributed by atoms with van der Waals surface area (Å²) in [5.41, 5.74) is 4.10. The Labute approximate surface area is 172 Å². The second kappa shape index (κ2) is 8.75. The molecule has 2 N–H and O–H groups in total. The highest BCUT2D eigenvalue weighted by Crippen LogP contribution is 2.40. The maximum Gasteiger partial charge on any atom is 0.191 e. The van der Waals surface area contributed by atoms with Gasteiger partial charge in [0.15, 0.2) is 5.96 Å². The Hall–Kier alpha value is -1.76. The molecule has 2 unspecified atom stereocenters. The molecule has 2 aromatic carbocycles. The van der Waals surface area contributed by atoms with Crippen molar-refractivity contribution in [2.24, 2.45) is 4.99 Å². The molecule has 1 heterocycles. The van der Waals surface area contributed by atoms with E-state index in [0.717, 1.165) is 37.7 Å². The molecule has 2 aromatic rings. The minimum Gasteiger partial charge on any atom is -0.493 e. The third kappa shape index (κ3) is 4.50. The molecule has 4 nitrogen and oxygen atoms in total. The van der Waals surface area contributed by atoms with Crippen LogP contribution in [0, 0.1) is 0 Å². The quantitative estimate of drug-likeness (QED) is 0.406. The van der Waals surface area contributed by atoms with Gasteiger partial charge in [-0.05, 0) is 35.6 Å². The first-order chi connectivity index (χ1) is 12.3. The molecule has 0 saturated heterocycles. The lowest BCUT2D eigenvalue weighted by atomic mass is 10.1. The van der Waals surface area contributed by atoms with E-state index >= 15 is 0 Å². The van der Waals surface area contributed by atoms with E-state index in [1.807, 2.05) is 7.05 Å². The largest absolute Gasteiger partial charge is 0.493 e. The number of rotatable bonds is 5. The van der Waals surface area contributed by atoms with E-state index in [1.54, 1.807) is 0 Å². The second-order valence-electron chi connectivity index (χ2n) is 6.79. The zero-order valence-electron chi connectivity index (χ0n) is 15.1. The topological polar surface area (TPSA) is 45.7 Å².